The molecule has 3 aromatic rings. The van der Waals surface area contributed by atoms with Crippen LogP contribution in [-0.4, -0.2) is 28.6 Å². The Hall–Kier alpha value is -2.77. The van der Waals surface area contributed by atoms with Crippen LogP contribution in [-0.2, 0) is 11.2 Å². The Morgan fingerprint density at radius 2 is 1.97 bits per heavy atom. The molecule has 0 radical (unpaired) electrons. The lowest BCUT2D eigenvalue weighted by Crippen LogP contribution is -2.25. The first-order valence-corrected chi connectivity index (χ1v) is 10.5. The van der Waals surface area contributed by atoms with Gasteiger partial charge in [0.15, 0.2) is 0 Å². The molecule has 6 nitrogen and oxygen atoms in total. The molecule has 0 bridgehead atoms. The van der Waals surface area contributed by atoms with Crippen LogP contribution in [0.2, 0.25) is 5.02 Å². The average molecular weight is 427 g/mol. The zero-order valence-corrected chi connectivity index (χ0v) is 17.3. The third-order valence-corrected chi connectivity index (χ3v) is 6.16. The van der Waals surface area contributed by atoms with Crippen LogP contribution in [0, 0.1) is 0 Å². The Bertz CT molecular complexity index is 1050. The molecule has 1 aliphatic rings. The van der Waals surface area contributed by atoms with Crippen LogP contribution in [0.5, 0.6) is 0 Å². The van der Waals surface area contributed by atoms with Gasteiger partial charge in [-0.15, -0.1) is 10.2 Å². The first kappa shape index (κ1) is 19.5. The summed E-state index contributed by atoms with van der Waals surface area (Å²) < 4.78 is 0. The van der Waals surface area contributed by atoms with Crippen LogP contribution in [0.1, 0.15) is 40.2 Å². The number of para-hydroxylation sites is 1. The largest absolute Gasteiger partial charge is 0.311 e. The summed E-state index contributed by atoms with van der Waals surface area (Å²) in [7, 11) is 0. The molecule has 0 saturated carbocycles. The van der Waals surface area contributed by atoms with Gasteiger partial charge >= 0.3 is 0 Å². The molecule has 0 spiro atoms. The number of hydrogen-bond donors (Lipinski definition) is 1. The fraction of sp³-hybridized carbons (Fsp3) is 0.238. The maximum Gasteiger partial charge on any atom is 0.257 e. The number of amides is 2. The smallest absolute Gasteiger partial charge is 0.257 e. The van der Waals surface area contributed by atoms with E-state index in [4.69, 9.17) is 11.6 Å². The van der Waals surface area contributed by atoms with E-state index in [1.165, 1.54) is 11.3 Å². The van der Waals surface area contributed by atoms with Crippen molar-refractivity contribution in [1.29, 1.82) is 0 Å². The van der Waals surface area contributed by atoms with E-state index < -0.39 is 0 Å². The number of nitrogens with zero attached hydrogens (tertiary/aromatic N) is 3. The standard InChI is InChI=1S/C21H19ClN4O2S/c1-2-13-5-3-4-6-17(13)26-12-15(11-18(26)27)20-24-25-21(29-20)23-19(28)14-7-9-16(22)10-8-14/h3-10,15H,2,11-12H2,1H3,(H,23,25,28). The van der Waals surface area contributed by atoms with Crippen molar-refractivity contribution < 1.29 is 9.59 Å². The number of aromatic nitrogens is 2. The second kappa shape index (κ2) is 8.31. The van der Waals surface area contributed by atoms with E-state index in [2.05, 4.69) is 22.4 Å². The molecule has 148 valence electrons. The summed E-state index contributed by atoms with van der Waals surface area (Å²) in [6, 6.07) is 14.6. The summed E-state index contributed by atoms with van der Waals surface area (Å²) in [5.41, 5.74) is 2.60. The Balaban J connectivity index is 1.46. The van der Waals surface area contributed by atoms with E-state index in [0.717, 1.165) is 22.7 Å². The summed E-state index contributed by atoms with van der Waals surface area (Å²) in [6.07, 6.45) is 1.25. The first-order chi connectivity index (χ1) is 14.0. The molecule has 1 atom stereocenters. The molecule has 1 saturated heterocycles. The van der Waals surface area contributed by atoms with Gasteiger partial charge in [-0.3, -0.25) is 14.9 Å². The first-order valence-electron chi connectivity index (χ1n) is 9.33. The molecule has 1 N–H and O–H groups in total. The Morgan fingerprint density at radius 3 is 2.72 bits per heavy atom. The maximum absolute atomic E-state index is 12.6. The van der Waals surface area contributed by atoms with Crippen LogP contribution >= 0.6 is 22.9 Å². The van der Waals surface area contributed by atoms with Gasteiger partial charge in [-0.2, -0.15) is 0 Å². The lowest BCUT2D eigenvalue weighted by Gasteiger charge is -2.19. The van der Waals surface area contributed by atoms with Gasteiger partial charge in [0.05, 0.1) is 0 Å². The van der Waals surface area contributed by atoms with E-state index in [1.54, 1.807) is 24.3 Å². The third kappa shape index (κ3) is 4.16. The Labute approximate surface area is 177 Å². The average Bonchev–Trinajstić information content (AvgIpc) is 3.35. The Kier molecular flexibility index (Phi) is 5.60. The van der Waals surface area contributed by atoms with Crippen molar-refractivity contribution in [3.05, 3.63) is 69.7 Å². The molecule has 29 heavy (non-hydrogen) atoms. The molecule has 8 heteroatoms. The van der Waals surface area contributed by atoms with Crippen molar-refractivity contribution in [3.63, 3.8) is 0 Å². The lowest BCUT2D eigenvalue weighted by molar-refractivity contribution is -0.117. The van der Waals surface area contributed by atoms with Crippen molar-refractivity contribution in [1.82, 2.24) is 10.2 Å². The third-order valence-electron chi connectivity index (χ3n) is 4.91. The summed E-state index contributed by atoms with van der Waals surface area (Å²) in [4.78, 5) is 26.8. The fourth-order valence-corrected chi connectivity index (χ4v) is 4.36. The summed E-state index contributed by atoms with van der Waals surface area (Å²) in [5, 5.41) is 12.8. The number of aryl methyl sites for hydroxylation is 1. The molecule has 2 aromatic carbocycles. The number of hydrogen-bond acceptors (Lipinski definition) is 5. The second-order valence-electron chi connectivity index (χ2n) is 6.79. The van der Waals surface area contributed by atoms with E-state index in [9.17, 15) is 9.59 Å². The minimum Gasteiger partial charge on any atom is -0.311 e. The highest BCUT2D eigenvalue weighted by atomic mass is 35.5. The normalized spacial score (nSPS) is 16.3. The van der Waals surface area contributed by atoms with Crippen molar-refractivity contribution >= 4 is 45.6 Å². The van der Waals surface area contributed by atoms with E-state index >= 15 is 0 Å². The number of halogens is 1. The number of anilines is 2. The van der Waals surface area contributed by atoms with Gasteiger partial charge in [-0.05, 0) is 42.3 Å². The Morgan fingerprint density at radius 1 is 1.21 bits per heavy atom. The molecule has 2 heterocycles. The van der Waals surface area contributed by atoms with Gasteiger partial charge in [-0.25, -0.2) is 0 Å². The minimum absolute atomic E-state index is 0.0360. The molecule has 2 amide bonds. The van der Waals surface area contributed by atoms with Crippen LogP contribution in [0.15, 0.2) is 48.5 Å². The van der Waals surface area contributed by atoms with E-state index in [1.807, 2.05) is 29.2 Å². The number of rotatable bonds is 5. The predicted molar refractivity (Wildman–Crippen MR) is 115 cm³/mol. The number of carbonyl (C=O) groups is 2. The lowest BCUT2D eigenvalue weighted by atomic mass is 10.1. The zero-order valence-electron chi connectivity index (χ0n) is 15.8. The van der Waals surface area contributed by atoms with Crippen molar-refractivity contribution in [2.24, 2.45) is 0 Å². The van der Waals surface area contributed by atoms with Gasteiger partial charge < -0.3 is 4.90 Å². The topological polar surface area (TPSA) is 75.2 Å². The molecular formula is C21H19ClN4O2S. The van der Waals surface area contributed by atoms with E-state index in [0.29, 0.717) is 28.7 Å². The SMILES string of the molecule is CCc1ccccc1N1CC(c2nnc(NC(=O)c3ccc(Cl)cc3)s2)CC1=O. The molecular weight excluding hydrogens is 408 g/mol. The summed E-state index contributed by atoms with van der Waals surface area (Å²) >= 11 is 7.16. The molecule has 1 aliphatic heterocycles. The highest BCUT2D eigenvalue weighted by Crippen LogP contribution is 2.35. The summed E-state index contributed by atoms with van der Waals surface area (Å²) in [5.74, 6) is -0.227. The number of carbonyl (C=O) groups excluding carboxylic acids is 2. The highest BCUT2D eigenvalue weighted by Gasteiger charge is 2.34. The van der Waals surface area contributed by atoms with E-state index in [-0.39, 0.29) is 17.7 Å². The predicted octanol–water partition coefficient (Wildman–Crippen LogP) is 4.53. The van der Waals surface area contributed by atoms with Gasteiger partial charge in [0.25, 0.3) is 5.91 Å². The maximum atomic E-state index is 12.6. The summed E-state index contributed by atoms with van der Waals surface area (Å²) in [6.45, 7) is 2.65. The fourth-order valence-electron chi connectivity index (χ4n) is 3.40. The molecule has 4 rings (SSSR count). The van der Waals surface area contributed by atoms with Crippen LogP contribution in [0.4, 0.5) is 10.8 Å². The van der Waals surface area contributed by atoms with Crippen molar-refractivity contribution in [2.45, 2.75) is 25.7 Å². The van der Waals surface area contributed by atoms with Crippen LogP contribution in [0.25, 0.3) is 0 Å². The highest BCUT2D eigenvalue weighted by molar-refractivity contribution is 7.15. The quantitative estimate of drug-likeness (QED) is 0.650. The second-order valence-corrected chi connectivity index (χ2v) is 8.24. The van der Waals surface area contributed by atoms with Gasteiger partial charge in [0, 0.05) is 35.2 Å². The molecule has 1 fully saturated rings. The monoisotopic (exact) mass is 426 g/mol. The minimum atomic E-state index is -0.273. The molecule has 1 aromatic heterocycles. The van der Waals surface area contributed by atoms with Crippen molar-refractivity contribution in [3.8, 4) is 0 Å². The van der Waals surface area contributed by atoms with Crippen LogP contribution in [0.3, 0.4) is 0 Å². The molecule has 1 unspecified atom stereocenters. The van der Waals surface area contributed by atoms with Gasteiger partial charge in [-0.1, -0.05) is 48.1 Å². The number of benzene rings is 2. The molecule has 0 aliphatic carbocycles. The van der Waals surface area contributed by atoms with Crippen LogP contribution < -0.4 is 10.2 Å². The van der Waals surface area contributed by atoms with Crippen molar-refractivity contribution in [2.75, 3.05) is 16.8 Å². The zero-order chi connectivity index (χ0) is 20.4. The number of nitrogens with one attached hydrogen (secondary N) is 1. The van der Waals surface area contributed by atoms with Gasteiger partial charge in [0.1, 0.15) is 5.01 Å². The van der Waals surface area contributed by atoms with Gasteiger partial charge in [0.2, 0.25) is 11.0 Å².